The third-order valence-corrected chi connectivity index (χ3v) is 4.03. The Balaban J connectivity index is 1.95. The fourth-order valence-electron chi connectivity index (χ4n) is 2.51. The third-order valence-electron chi connectivity index (χ3n) is 4.03. The lowest BCUT2D eigenvalue weighted by Crippen LogP contribution is -2.36. The number of rotatable bonds is 3. The molecule has 86 valence electrons. The Hall–Kier alpha value is -0.570. The van der Waals surface area contributed by atoms with Crippen LogP contribution in [0.4, 0.5) is 0 Å². The maximum Gasteiger partial charge on any atom is 0.241 e. The van der Waals surface area contributed by atoms with Crippen molar-refractivity contribution in [1.29, 1.82) is 0 Å². The Morgan fingerprint density at radius 1 is 1.53 bits per heavy atom. The number of hydrogen-bond acceptors (Lipinski definition) is 2. The van der Waals surface area contributed by atoms with Gasteiger partial charge < -0.3 is 4.90 Å². The fraction of sp³-hybridized carbons (Fsp3) is 0.917. The molecule has 2 rings (SSSR count). The maximum absolute atomic E-state index is 12.0. The van der Waals surface area contributed by atoms with Gasteiger partial charge in [0.25, 0.3) is 0 Å². The van der Waals surface area contributed by atoms with Gasteiger partial charge in [0.15, 0.2) is 0 Å². The van der Waals surface area contributed by atoms with Crippen molar-refractivity contribution < 1.29 is 4.79 Å². The van der Waals surface area contributed by atoms with Crippen molar-refractivity contribution in [2.75, 3.05) is 6.54 Å². The molecule has 1 aliphatic carbocycles. The van der Waals surface area contributed by atoms with E-state index in [2.05, 4.69) is 33.0 Å². The van der Waals surface area contributed by atoms with Crippen molar-refractivity contribution >= 4 is 5.91 Å². The molecule has 3 heteroatoms. The van der Waals surface area contributed by atoms with Gasteiger partial charge in [-0.1, -0.05) is 20.8 Å². The van der Waals surface area contributed by atoms with Gasteiger partial charge in [0, 0.05) is 6.54 Å². The number of hydrogen-bond donors (Lipinski definition) is 1. The van der Waals surface area contributed by atoms with E-state index in [1.54, 1.807) is 0 Å². The molecule has 1 aliphatic heterocycles. The lowest BCUT2D eigenvalue weighted by molar-refractivity contribution is -0.130. The summed E-state index contributed by atoms with van der Waals surface area (Å²) in [6.45, 7) is 9.66. The van der Waals surface area contributed by atoms with E-state index in [1.807, 2.05) is 4.90 Å². The molecule has 2 aliphatic rings. The molecule has 1 saturated heterocycles. The first kappa shape index (κ1) is 10.9. The van der Waals surface area contributed by atoms with Crippen LogP contribution in [0.1, 0.15) is 40.5 Å². The van der Waals surface area contributed by atoms with Gasteiger partial charge in [0.2, 0.25) is 5.91 Å². The van der Waals surface area contributed by atoms with Crippen LogP contribution in [0.15, 0.2) is 0 Å². The van der Waals surface area contributed by atoms with Crippen molar-refractivity contribution in [3.63, 3.8) is 0 Å². The number of nitrogens with one attached hydrogen (secondary N) is 1. The second-order valence-electron chi connectivity index (χ2n) is 5.68. The predicted octanol–water partition coefficient (Wildman–Crippen LogP) is 1.59. The summed E-state index contributed by atoms with van der Waals surface area (Å²) in [6.07, 6.45) is 2.38. The number of carbonyl (C=O) groups excluding carboxylic acids is 1. The summed E-state index contributed by atoms with van der Waals surface area (Å²) in [6, 6.07) is 0.0573. The van der Waals surface area contributed by atoms with Crippen molar-refractivity contribution in [2.45, 2.75) is 52.7 Å². The molecular formula is C12H22N2O. The zero-order valence-corrected chi connectivity index (χ0v) is 10.2. The van der Waals surface area contributed by atoms with E-state index in [0.717, 1.165) is 13.0 Å². The Bertz CT molecular complexity index is 275. The van der Waals surface area contributed by atoms with Crippen LogP contribution in [-0.2, 0) is 4.79 Å². The smallest absolute Gasteiger partial charge is 0.241 e. The molecule has 1 saturated carbocycles. The minimum Gasteiger partial charge on any atom is -0.326 e. The van der Waals surface area contributed by atoms with Crippen LogP contribution in [0.5, 0.6) is 0 Å². The molecule has 0 aromatic rings. The Labute approximate surface area is 92.2 Å². The van der Waals surface area contributed by atoms with Crippen LogP contribution in [0.3, 0.4) is 0 Å². The zero-order valence-electron chi connectivity index (χ0n) is 10.2. The fourth-order valence-corrected chi connectivity index (χ4v) is 2.51. The van der Waals surface area contributed by atoms with Gasteiger partial charge in [-0.25, -0.2) is 0 Å². The Kier molecular flexibility index (Phi) is 2.53. The van der Waals surface area contributed by atoms with Crippen molar-refractivity contribution in [2.24, 2.45) is 11.3 Å². The first-order chi connectivity index (χ1) is 6.95. The van der Waals surface area contributed by atoms with Crippen LogP contribution in [0, 0.1) is 11.3 Å². The third kappa shape index (κ3) is 1.89. The molecule has 15 heavy (non-hydrogen) atoms. The largest absolute Gasteiger partial charge is 0.326 e. The maximum atomic E-state index is 12.0. The molecule has 0 radical (unpaired) electrons. The van der Waals surface area contributed by atoms with E-state index >= 15 is 0 Å². The van der Waals surface area contributed by atoms with E-state index in [9.17, 15) is 4.79 Å². The van der Waals surface area contributed by atoms with E-state index in [1.165, 1.54) is 6.42 Å². The average molecular weight is 210 g/mol. The van der Waals surface area contributed by atoms with Crippen LogP contribution >= 0.6 is 0 Å². The first-order valence-corrected chi connectivity index (χ1v) is 6.02. The van der Waals surface area contributed by atoms with Gasteiger partial charge in [-0.3, -0.25) is 10.1 Å². The molecule has 0 aromatic heterocycles. The highest BCUT2D eigenvalue weighted by Gasteiger charge is 2.48. The van der Waals surface area contributed by atoms with Crippen molar-refractivity contribution in [3.8, 4) is 0 Å². The topological polar surface area (TPSA) is 32.3 Å². The molecule has 3 nitrogen and oxygen atoms in total. The molecule has 1 N–H and O–H groups in total. The molecule has 1 heterocycles. The second-order valence-corrected chi connectivity index (χ2v) is 5.68. The normalized spacial score (nSPS) is 38.5. The van der Waals surface area contributed by atoms with Crippen LogP contribution < -0.4 is 5.32 Å². The van der Waals surface area contributed by atoms with Crippen molar-refractivity contribution in [1.82, 2.24) is 10.2 Å². The molecule has 0 bridgehead atoms. The van der Waals surface area contributed by atoms with Gasteiger partial charge in [0.1, 0.15) is 0 Å². The molecule has 3 atom stereocenters. The van der Waals surface area contributed by atoms with Gasteiger partial charge in [-0.05, 0) is 31.1 Å². The van der Waals surface area contributed by atoms with Crippen LogP contribution in [-0.4, -0.2) is 29.6 Å². The molecular weight excluding hydrogens is 188 g/mol. The molecule has 3 unspecified atom stereocenters. The van der Waals surface area contributed by atoms with Crippen LogP contribution in [0.25, 0.3) is 0 Å². The van der Waals surface area contributed by atoms with Crippen molar-refractivity contribution in [3.05, 3.63) is 0 Å². The summed E-state index contributed by atoms with van der Waals surface area (Å²) in [5.74, 6) is 1.01. The zero-order chi connectivity index (χ0) is 11.2. The lowest BCUT2D eigenvalue weighted by atomic mass is 10.1. The summed E-state index contributed by atoms with van der Waals surface area (Å²) in [5, 5.41) is 3.34. The van der Waals surface area contributed by atoms with Gasteiger partial charge >= 0.3 is 0 Å². The van der Waals surface area contributed by atoms with Crippen LogP contribution in [0.2, 0.25) is 0 Å². The minimum absolute atomic E-state index is 0.0573. The summed E-state index contributed by atoms with van der Waals surface area (Å²) < 4.78 is 0. The minimum atomic E-state index is 0.0573. The molecule has 0 spiro atoms. The second kappa shape index (κ2) is 3.48. The molecule has 0 aromatic carbocycles. The van der Waals surface area contributed by atoms with Gasteiger partial charge in [0.05, 0.1) is 12.2 Å². The summed E-state index contributed by atoms with van der Waals surface area (Å²) in [4.78, 5) is 14.0. The SMILES string of the molecule is CCC1NC(C)N(CC2CC2(C)C)C1=O. The summed E-state index contributed by atoms with van der Waals surface area (Å²) >= 11 is 0. The number of nitrogens with zero attached hydrogens (tertiary/aromatic N) is 1. The van der Waals surface area contributed by atoms with E-state index < -0.39 is 0 Å². The van der Waals surface area contributed by atoms with E-state index in [0.29, 0.717) is 17.2 Å². The molecule has 1 amide bonds. The Morgan fingerprint density at radius 3 is 2.53 bits per heavy atom. The predicted molar refractivity (Wildman–Crippen MR) is 60.3 cm³/mol. The highest BCUT2D eigenvalue weighted by atomic mass is 16.2. The summed E-state index contributed by atoms with van der Waals surface area (Å²) in [7, 11) is 0. The first-order valence-electron chi connectivity index (χ1n) is 6.02. The molecule has 2 fully saturated rings. The standard InChI is InChI=1S/C12H22N2O/c1-5-10-11(15)14(8(2)13-10)7-9-6-12(9,3)4/h8-10,13H,5-7H2,1-4H3. The van der Waals surface area contributed by atoms with Gasteiger partial charge in [-0.15, -0.1) is 0 Å². The highest BCUT2D eigenvalue weighted by molar-refractivity contribution is 5.84. The lowest BCUT2D eigenvalue weighted by Gasteiger charge is -2.21. The average Bonchev–Trinajstić information content (AvgIpc) is 2.67. The van der Waals surface area contributed by atoms with E-state index in [-0.39, 0.29) is 12.2 Å². The summed E-state index contributed by atoms with van der Waals surface area (Å²) in [5.41, 5.74) is 0.463. The highest BCUT2D eigenvalue weighted by Crippen LogP contribution is 2.52. The number of carbonyl (C=O) groups is 1. The monoisotopic (exact) mass is 210 g/mol. The van der Waals surface area contributed by atoms with E-state index in [4.69, 9.17) is 0 Å². The van der Waals surface area contributed by atoms with Gasteiger partial charge in [-0.2, -0.15) is 0 Å². The quantitative estimate of drug-likeness (QED) is 0.767. The number of amides is 1. The Morgan fingerprint density at radius 2 is 2.13 bits per heavy atom.